The summed E-state index contributed by atoms with van der Waals surface area (Å²) in [5.74, 6) is -2.21. The topological polar surface area (TPSA) is 98.7 Å². The van der Waals surface area contributed by atoms with Crippen LogP contribution in [0.2, 0.25) is 0 Å². The second kappa shape index (κ2) is 6.78. The molecule has 0 aliphatic heterocycles. The highest BCUT2D eigenvalue weighted by atomic mass is 16.4. The number of hydrogen-bond donors (Lipinski definition) is 3. The molecule has 3 N–H and O–H groups in total. The fourth-order valence-electron chi connectivity index (χ4n) is 1.05. The van der Waals surface area contributed by atoms with Crippen molar-refractivity contribution in [2.24, 2.45) is 5.92 Å². The number of nitrogens with zero attached hydrogens (tertiary/aromatic N) is 1. The first-order valence-electron chi connectivity index (χ1n) is 4.79. The van der Waals surface area contributed by atoms with E-state index in [0.29, 0.717) is 0 Å². The monoisotopic (exact) mass is 231 g/mol. The van der Waals surface area contributed by atoms with Gasteiger partial charge in [-0.2, -0.15) is 0 Å². The predicted molar refractivity (Wildman–Crippen MR) is 56.3 cm³/mol. The van der Waals surface area contributed by atoms with Gasteiger partial charge < -0.3 is 5.11 Å². The maximum absolute atomic E-state index is 11.2. The molecular formula is C9H17N3O4. The van der Waals surface area contributed by atoms with E-state index >= 15 is 0 Å². The van der Waals surface area contributed by atoms with Crippen molar-refractivity contribution in [3.05, 3.63) is 0 Å². The summed E-state index contributed by atoms with van der Waals surface area (Å²) in [5.41, 5.74) is 4.33. The number of likely N-dealkylation sites (N-methyl/N-ethyl adjacent to an activating group) is 1. The van der Waals surface area contributed by atoms with Gasteiger partial charge in [-0.3, -0.25) is 30.1 Å². The van der Waals surface area contributed by atoms with E-state index in [1.54, 1.807) is 18.9 Å². The van der Waals surface area contributed by atoms with Gasteiger partial charge in [-0.1, -0.05) is 6.92 Å². The summed E-state index contributed by atoms with van der Waals surface area (Å²) in [4.78, 5) is 33.8. The van der Waals surface area contributed by atoms with Gasteiger partial charge in [-0.25, -0.2) is 0 Å². The first kappa shape index (κ1) is 14.4. The van der Waals surface area contributed by atoms with Gasteiger partial charge in [0.25, 0.3) is 5.91 Å². The van der Waals surface area contributed by atoms with Gasteiger partial charge in [0.2, 0.25) is 5.91 Å². The Kier molecular flexibility index (Phi) is 6.09. The molecule has 0 aliphatic rings. The Balaban J connectivity index is 3.86. The van der Waals surface area contributed by atoms with Gasteiger partial charge in [0, 0.05) is 13.5 Å². The van der Waals surface area contributed by atoms with Crippen molar-refractivity contribution < 1.29 is 19.5 Å². The molecule has 16 heavy (non-hydrogen) atoms. The number of aliphatic carboxylic acids is 1. The molecule has 0 saturated heterocycles. The number of carboxylic acids is 1. The van der Waals surface area contributed by atoms with E-state index in [1.807, 2.05) is 0 Å². The molecule has 0 aromatic heterocycles. The molecule has 92 valence electrons. The average Bonchev–Trinajstić information content (AvgIpc) is 2.14. The van der Waals surface area contributed by atoms with Crippen molar-refractivity contribution in [1.29, 1.82) is 0 Å². The highest BCUT2D eigenvalue weighted by molar-refractivity contribution is 5.82. The normalized spacial score (nSPS) is 12.0. The Morgan fingerprint density at radius 2 is 1.88 bits per heavy atom. The molecule has 0 radical (unpaired) electrons. The van der Waals surface area contributed by atoms with Crippen LogP contribution in [0.1, 0.15) is 13.8 Å². The molecule has 0 aromatic rings. The molecule has 1 unspecified atom stereocenters. The molecule has 0 aromatic carbocycles. The minimum Gasteiger partial charge on any atom is -0.481 e. The van der Waals surface area contributed by atoms with Crippen LogP contribution in [0.4, 0.5) is 0 Å². The summed E-state index contributed by atoms with van der Waals surface area (Å²) in [6, 6.07) is 0. The number of hydrogen-bond acceptors (Lipinski definition) is 4. The number of carbonyl (C=O) groups is 3. The fourth-order valence-corrected chi connectivity index (χ4v) is 1.05. The van der Waals surface area contributed by atoms with Crippen molar-refractivity contribution in [3.63, 3.8) is 0 Å². The van der Waals surface area contributed by atoms with Crippen LogP contribution >= 0.6 is 0 Å². The lowest BCUT2D eigenvalue weighted by Crippen LogP contribution is -2.45. The standard InChI is InChI=1S/C9H17N3O4/c1-6(9(15)16)4-12(3)5-8(14)11-10-7(2)13/h6H,4-5H2,1-3H3,(H,10,13)(H,11,14)(H,15,16). The Labute approximate surface area is 93.8 Å². The lowest BCUT2D eigenvalue weighted by Gasteiger charge is -2.18. The molecule has 0 saturated carbocycles. The van der Waals surface area contributed by atoms with E-state index in [4.69, 9.17) is 5.11 Å². The molecule has 0 rings (SSSR count). The van der Waals surface area contributed by atoms with E-state index in [2.05, 4.69) is 10.9 Å². The fraction of sp³-hybridized carbons (Fsp3) is 0.667. The number of hydrazine groups is 1. The van der Waals surface area contributed by atoms with Crippen LogP contribution in [0, 0.1) is 5.92 Å². The van der Waals surface area contributed by atoms with E-state index in [0.717, 1.165) is 0 Å². The molecule has 0 fully saturated rings. The smallest absolute Gasteiger partial charge is 0.307 e. The van der Waals surface area contributed by atoms with Gasteiger partial charge in [-0.05, 0) is 7.05 Å². The van der Waals surface area contributed by atoms with E-state index in [-0.39, 0.29) is 19.0 Å². The second-order valence-corrected chi connectivity index (χ2v) is 3.67. The maximum atomic E-state index is 11.2. The summed E-state index contributed by atoms with van der Waals surface area (Å²) in [7, 11) is 1.63. The third kappa shape index (κ3) is 6.77. The summed E-state index contributed by atoms with van der Waals surface area (Å²) in [5, 5.41) is 8.66. The summed E-state index contributed by atoms with van der Waals surface area (Å²) in [6.07, 6.45) is 0. The van der Waals surface area contributed by atoms with E-state index in [1.165, 1.54) is 6.92 Å². The van der Waals surface area contributed by atoms with Crippen LogP contribution in [0.3, 0.4) is 0 Å². The largest absolute Gasteiger partial charge is 0.481 e. The summed E-state index contributed by atoms with van der Waals surface area (Å²) in [6.45, 7) is 3.13. The predicted octanol–water partition coefficient (Wildman–Crippen LogP) is -1.19. The Morgan fingerprint density at radius 3 is 2.31 bits per heavy atom. The second-order valence-electron chi connectivity index (χ2n) is 3.67. The number of carbonyl (C=O) groups excluding carboxylic acids is 2. The van der Waals surface area contributed by atoms with Crippen molar-refractivity contribution in [2.75, 3.05) is 20.1 Å². The lowest BCUT2D eigenvalue weighted by molar-refractivity contribution is -0.142. The third-order valence-electron chi connectivity index (χ3n) is 1.80. The summed E-state index contributed by atoms with van der Waals surface area (Å²) < 4.78 is 0. The summed E-state index contributed by atoms with van der Waals surface area (Å²) >= 11 is 0. The molecule has 7 nitrogen and oxygen atoms in total. The first-order valence-corrected chi connectivity index (χ1v) is 4.79. The zero-order valence-corrected chi connectivity index (χ0v) is 9.61. The lowest BCUT2D eigenvalue weighted by atomic mass is 10.2. The molecule has 0 bridgehead atoms. The minimum atomic E-state index is -0.908. The van der Waals surface area contributed by atoms with Gasteiger partial charge in [0.1, 0.15) is 0 Å². The molecule has 0 aliphatic carbocycles. The van der Waals surface area contributed by atoms with Crippen LogP contribution < -0.4 is 10.9 Å². The van der Waals surface area contributed by atoms with Gasteiger partial charge >= 0.3 is 5.97 Å². The van der Waals surface area contributed by atoms with Crippen molar-refractivity contribution >= 4 is 17.8 Å². The van der Waals surface area contributed by atoms with Crippen LogP contribution in [-0.2, 0) is 14.4 Å². The van der Waals surface area contributed by atoms with Gasteiger partial charge in [0.05, 0.1) is 12.5 Å². The highest BCUT2D eigenvalue weighted by Gasteiger charge is 2.15. The zero-order chi connectivity index (χ0) is 12.7. The average molecular weight is 231 g/mol. The van der Waals surface area contributed by atoms with Gasteiger partial charge in [-0.15, -0.1) is 0 Å². The van der Waals surface area contributed by atoms with Crippen LogP contribution in [0.25, 0.3) is 0 Å². The SMILES string of the molecule is CC(=O)NNC(=O)CN(C)CC(C)C(=O)O. The zero-order valence-electron chi connectivity index (χ0n) is 9.61. The quantitative estimate of drug-likeness (QED) is 0.516. The molecule has 0 spiro atoms. The molecule has 7 heteroatoms. The molecule has 2 amide bonds. The van der Waals surface area contributed by atoms with Crippen molar-refractivity contribution in [3.8, 4) is 0 Å². The third-order valence-corrected chi connectivity index (χ3v) is 1.80. The van der Waals surface area contributed by atoms with E-state index in [9.17, 15) is 14.4 Å². The number of carboxylic acid groups (broad SMARTS) is 1. The van der Waals surface area contributed by atoms with Crippen LogP contribution in [-0.4, -0.2) is 47.9 Å². The van der Waals surface area contributed by atoms with Gasteiger partial charge in [0.15, 0.2) is 0 Å². The maximum Gasteiger partial charge on any atom is 0.307 e. The Hall–Kier alpha value is -1.63. The highest BCUT2D eigenvalue weighted by Crippen LogP contribution is 1.97. The minimum absolute atomic E-state index is 0.0257. The number of amides is 2. The van der Waals surface area contributed by atoms with Crippen molar-refractivity contribution in [2.45, 2.75) is 13.8 Å². The van der Waals surface area contributed by atoms with E-state index < -0.39 is 17.8 Å². The first-order chi connectivity index (χ1) is 7.32. The Bertz CT molecular complexity index is 280. The van der Waals surface area contributed by atoms with Crippen molar-refractivity contribution in [1.82, 2.24) is 15.8 Å². The number of rotatable bonds is 5. The molecule has 1 atom stereocenters. The Morgan fingerprint density at radius 1 is 1.31 bits per heavy atom. The van der Waals surface area contributed by atoms with Crippen LogP contribution in [0.5, 0.6) is 0 Å². The molecule has 0 heterocycles. The molecular weight excluding hydrogens is 214 g/mol. The van der Waals surface area contributed by atoms with Crippen LogP contribution in [0.15, 0.2) is 0 Å². The number of nitrogens with one attached hydrogen (secondary N) is 2.